The summed E-state index contributed by atoms with van der Waals surface area (Å²) in [6.45, 7) is 13.9. The van der Waals surface area contributed by atoms with Gasteiger partial charge < -0.3 is 64.8 Å². The van der Waals surface area contributed by atoms with E-state index in [-0.39, 0.29) is 118 Å². The smallest absolute Gasteiger partial charge is 0.293 e. The highest BCUT2D eigenvalue weighted by atomic mass is 35.5. The summed E-state index contributed by atoms with van der Waals surface area (Å²) < 4.78 is 60.5. The second kappa shape index (κ2) is 35.8. The number of piperazine rings is 1. The Balaban J connectivity index is 0.719. The number of β-amino-alcohol motifs (C(OH)–C–C–N with tert-alkyl or cyclic N) is 1. The van der Waals surface area contributed by atoms with E-state index in [1.165, 1.54) is 29.3 Å². The Morgan fingerprint density at radius 3 is 2.27 bits per heavy atom. The highest BCUT2D eigenvalue weighted by Gasteiger charge is 2.51. The van der Waals surface area contributed by atoms with E-state index in [0.29, 0.717) is 87.7 Å². The Morgan fingerprint density at radius 1 is 0.820 bits per heavy atom. The molecule has 0 radical (unpaired) electrons. The molecule has 3 aromatic heterocycles. The zero-order valence-electron chi connectivity index (χ0n) is 62.5. The summed E-state index contributed by atoms with van der Waals surface area (Å²) >= 11 is 8.03. The average Bonchev–Trinajstić information content (AvgIpc) is 1.51. The number of carbonyl (C=O) groups is 5. The maximum Gasteiger partial charge on any atom is 0.293 e. The molecule has 5 fully saturated rings. The minimum Gasteiger partial charge on any atom is -0.493 e. The molecule has 13 rings (SSSR count). The van der Waals surface area contributed by atoms with Crippen molar-refractivity contribution in [2.75, 3.05) is 115 Å². The van der Waals surface area contributed by atoms with Gasteiger partial charge in [0.25, 0.3) is 21.6 Å². The van der Waals surface area contributed by atoms with Crippen molar-refractivity contribution < 1.29 is 66.1 Å². The van der Waals surface area contributed by atoms with Crippen molar-refractivity contribution in [1.29, 1.82) is 0 Å². The van der Waals surface area contributed by atoms with Crippen LogP contribution in [0.1, 0.15) is 80.1 Å². The molecule has 5 atom stereocenters. The van der Waals surface area contributed by atoms with Crippen molar-refractivity contribution >= 4 is 90.6 Å². The summed E-state index contributed by atoms with van der Waals surface area (Å²) in [6, 6.07) is 30.7. The Morgan fingerprint density at radius 2 is 1.55 bits per heavy atom. The summed E-state index contributed by atoms with van der Waals surface area (Å²) in [5, 5.41) is 37.5. The van der Waals surface area contributed by atoms with Crippen LogP contribution in [0.25, 0.3) is 32.6 Å². The Hall–Kier alpha value is -9.63. The molecule has 5 unspecified atom stereocenters. The fraction of sp³-hybridized carbons (Fsp3) is 0.438. The molecule has 8 aromatic rings. The number of aromatic amines is 1. The predicted molar refractivity (Wildman–Crippen MR) is 420 cm³/mol. The number of benzene rings is 5. The average molecular weight is 1580 g/mol. The van der Waals surface area contributed by atoms with E-state index in [0.717, 1.165) is 62.7 Å². The summed E-state index contributed by atoms with van der Waals surface area (Å²) in [4.78, 5) is 105. The normalized spacial score (nSPS) is 20.6. The van der Waals surface area contributed by atoms with Crippen LogP contribution >= 0.6 is 22.9 Å². The molecule has 0 saturated carbocycles. The zero-order chi connectivity index (χ0) is 77.9. The summed E-state index contributed by atoms with van der Waals surface area (Å²) in [5.74, 6) is -2.48. The Labute approximate surface area is 653 Å². The third-order valence-electron chi connectivity index (χ3n) is 21.2. The van der Waals surface area contributed by atoms with E-state index < -0.39 is 78.8 Å². The van der Waals surface area contributed by atoms with Gasteiger partial charge in [0, 0.05) is 162 Å². The van der Waals surface area contributed by atoms with Crippen molar-refractivity contribution in [2.24, 2.45) is 23.2 Å². The van der Waals surface area contributed by atoms with Crippen LogP contribution in [-0.2, 0) is 56.5 Å². The maximum atomic E-state index is 16.0. The number of thiazole rings is 1. The summed E-state index contributed by atoms with van der Waals surface area (Å²) in [5.41, 5.74) is 7.46. The number of halogens is 1. The number of rotatable bonds is 22. The Bertz CT molecular complexity index is 4750. The van der Waals surface area contributed by atoms with Crippen LogP contribution in [0.2, 0.25) is 5.02 Å². The number of fused-ring (bicyclic) bond motifs is 1. The molecule has 28 nitrogen and oxygen atoms in total. The SMILES string of the molecule is Cc1ncsc1-c1ccc(CNC(=O)C2CC(O)CN2C(=O)C2C(N3CC(COc4cccc(-c5ccc(Cl)cc5)c4CN4CCN(c5ccc(C(=O)NS(=O)(=O)c6ccc(NCC7CCOCC7)c([N+](=O)[O-])c6)c(Oc6cnc7[nH]ccc7c6)c5)CC4)C3)CNC(=O)CCOCCOCCC(=O)NC2C(C)(C)C)cc1. The molecule has 0 aliphatic carbocycles. The molecule has 0 bridgehead atoms. The fourth-order valence-corrected chi connectivity index (χ4v) is 17.0. The van der Waals surface area contributed by atoms with Crippen LogP contribution < -0.4 is 40.4 Å². The molecule has 5 aliphatic rings. The van der Waals surface area contributed by atoms with Gasteiger partial charge in [-0.25, -0.2) is 23.1 Å². The number of pyridine rings is 1. The number of aryl methyl sites for hydroxylation is 1. The van der Waals surface area contributed by atoms with Crippen molar-refractivity contribution in [3.05, 3.63) is 171 Å². The van der Waals surface area contributed by atoms with Crippen LogP contribution in [0.4, 0.5) is 17.1 Å². The number of likely N-dealkylation sites (tertiary alicyclic amines) is 2. The molecule has 7 N–H and O–H groups in total. The van der Waals surface area contributed by atoms with Gasteiger partial charge in [0.1, 0.15) is 34.6 Å². The number of hydrogen-bond donors (Lipinski definition) is 7. The van der Waals surface area contributed by atoms with Gasteiger partial charge in [-0.15, -0.1) is 11.3 Å². The topological polar surface area (TPSA) is 344 Å². The van der Waals surface area contributed by atoms with Crippen LogP contribution in [0.5, 0.6) is 17.2 Å². The summed E-state index contributed by atoms with van der Waals surface area (Å²) in [7, 11) is -4.68. The van der Waals surface area contributed by atoms with Crippen LogP contribution in [-0.4, -0.2) is 207 Å². The molecule has 111 heavy (non-hydrogen) atoms. The molecule has 588 valence electrons. The second-order valence-electron chi connectivity index (χ2n) is 30.0. The number of H-pyrrole nitrogens is 1. The van der Waals surface area contributed by atoms with Gasteiger partial charge in [-0.3, -0.25) is 43.9 Å². The van der Waals surface area contributed by atoms with E-state index in [4.69, 9.17) is 35.3 Å². The minimum atomic E-state index is -4.68. The number of aromatic nitrogens is 3. The van der Waals surface area contributed by atoms with Crippen molar-refractivity contribution in [2.45, 2.75) is 102 Å². The number of carbonyl (C=O) groups excluding carboxylic acids is 5. The van der Waals surface area contributed by atoms with Crippen molar-refractivity contribution in [3.8, 4) is 38.8 Å². The van der Waals surface area contributed by atoms with E-state index in [2.05, 4.69) is 61.7 Å². The van der Waals surface area contributed by atoms with Gasteiger partial charge in [0.15, 0.2) is 0 Å². The van der Waals surface area contributed by atoms with Gasteiger partial charge >= 0.3 is 0 Å². The van der Waals surface area contributed by atoms with Gasteiger partial charge in [-0.1, -0.05) is 80.9 Å². The predicted octanol–water partition coefficient (Wildman–Crippen LogP) is 9.34. The number of anilines is 2. The third kappa shape index (κ3) is 19.8. The van der Waals surface area contributed by atoms with Gasteiger partial charge in [-0.2, -0.15) is 0 Å². The highest BCUT2D eigenvalue weighted by Crippen LogP contribution is 2.40. The maximum absolute atomic E-state index is 16.0. The lowest BCUT2D eigenvalue weighted by Gasteiger charge is -2.50. The molecule has 5 amide bonds. The van der Waals surface area contributed by atoms with E-state index >= 15 is 4.79 Å². The lowest BCUT2D eigenvalue weighted by atomic mass is 9.73. The van der Waals surface area contributed by atoms with Crippen molar-refractivity contribution in [1.82, 2.24) is 50.3 Å². The number of aliphatic hydroxyl groups is 1. The largest absolute Gasteiger partial charge is 0.493 e. The first-order chi connectivity index (χ1) is 53.5. The van der Waals surface area contributed by atoms with Crippen LogP contribution in [0.3, 0.4) is 0 Å². The van der Waals surface area contributed by atoms with Gasteiger partial charge in [0.05, 0.1) is 82.7 Å². The quantitative estimate of drug-likeness (QED) is 0.0245. The monoisotopic (exact) mass is 1580 g/mol. The Kier molecular flexibility index (Phi) is 25.6. The number of sulfonamides is 1. The van der Waals surface area contributed by atoms with Crippen molar-refractivity contribution in [3.63, 3.8) is 0 Å². The lowest BCUT2D eigenvalue weighted by molar-refractivity contribution is -0.384. The second-order valence-corrected chi connectivity index (χ2v) is 32.9. The molecule has 5 aliphatic heterocycles. The molecular formula is C80H94ClN13O15S2. The number of nitro groups is 1. The number of amides is 5. The number of nitro benzene ring substituents is 1. The molecule has 31 heteroatoms. The highest BCUT2D eigenvalue weighted by molar-refractivity contribution is 7.90. The number of nitrogens with one attached hydrogen (secondary N) is 6. The third-order valence-corrected chi connectivity index (χ3v) is 23.8. The number of ether oxygens (including phenoxy) is 5. The molecular weight excluding hydrogens is 1480 g/mol. The first kappa shape index (κ1) is 79.5. The minimum absolute atomic E-state index is 0.00147. The first-order valence-electron chi connectivity index (χ1n) is 37.6. The summed E-state index contributed by atoms with van der Waals surface area (Å²) in [6.07, 6.45) is 3.80. The molecule has 5 aromatic carbocycles. The fourth-order valence-electron chi connectivity index (χ4n) is 15.1. The lowest BCUT2D eigenvalue weighted by Crippen LogP contribution is -2.67. The number of hydrogen-bond acceptors (Lipinski definition) is 22. The van der Waals surface area contributed by atoms with E-state index in [1.54, 1.807) is 41.2 Å². The van der Waals surface area contributed by atoms with E-state index in [1.807, 2.05) is 94.4 Å². The molecule has 8 heterocycles. The molecule has 5 saturated heterocycles. The van der Waals surface area contributed by atoms with Gasteiger partial charge in [-0.05, 0) is 108 Å². The van der Waals surface area contributed by atoms with Crippen LogP contribution in [0.15, 0.2) is 138 Å². The number of aliphatic hydroxyl groups excluding tert-OH is 1. The van der Waals surface area contributed by atoms with E-state index in [9.17, 15) is 42.8 Å². The zero-order valence-corrected chi connectivity index (χ0v) is 64.9. The molecule has 0 spiro atoms. The first-order valence-corrected chi connectivity index (χ1v) is 40.3. The van der Waals surface area contributed by atoms with Crippen LogP contribution in [0, 0.1) is 40.2 Å². The number of nitrogens with zero attached hydrogens (tertiary/aromatic N) is 7. The standard InChI is InChI=1S/C80H94ClN13O15S2/c1-50-74(110-49-87-50)55-10-8-51(9-11-55)41-86-78(99)67-38-59(95)46-93(67)79(100)73-68(43-84-71(96)23-32-106-34-35-107-33-24-72(97)88-75(73)80(2,3)4)92-44-53(45-92)48-108-69-7-5-6-62(54-12-14-57(81)15-13-54)64(69)47-90-26-28-91(29-27-90)58-16-18-63(70(37-58)109-60-36-56-20-25-82-76(56)85-42-60)77(98)89-111(103,104)61-17-19-65(66(39-61)94(101)102)83-40-52-21-30-105-31-22-52/h5-20,25,36-37,39,42,49,52-53,59,67-68,73,75,83,95H,21-24,26-35,38,40-41,43-48H2,1-4H3,(H,82,85)(H,84,96)(H,86,99)(H,88,97)(H,89,98). The van der Waals surface area contributed by atoms with Gasteiger partial charge in [0.2, 0.25) is 23.6 Å².